The van der Waals surface area contributed by atoms with Gasteiger partial charge >= 0.3 is 0 Å². The molecular weight excluding hydrogens is 420 g/mol. The van der Waals surface area contributed by atoms with E-state index in [-0.39, 0.29) is 34.1 Å². The number of nitrogens with zero attached hydrogens (tertiary/aromatic N) is 1. The lowest BCUT2D eigenvalue weighted by Crippen LogP contribution is -2.41. The van der Waals surface area contributed by atoms with Gasteiger partial charge in [0.1, 0.15) is 6.54 Å². The molecule has 0 unspecified atom stereocenters. The molecule has 3 amide bonds. The van der Waals surface area contributed by atoms with Gasteiger partial charge in [-0.1, -0.05) is 11.6 Å². The summed E-state index contributed by atoms with van der Waals surface area (Å²) in [5, 5.41) is 12.1. The van der Waals surface area contributed by atoms with Crippen LogP contribution in [-0.2, 0) is 14.3 Å². The zero-order valence-electron chi connectivity index (χ0n) is 15.8. The van der Waals surface area contributed by atoms with Crippen LogP contribution in [0.1, 0.15) is 25.3 Å². The third-order valence-corrected chi connectivity index (χ3v) is 5.57. The van der Waals surface area contributed by atoms with Gasteiger partial charge in [-0.3, -0.25) is 19.3 Å². The molecule has 1 atom stereocenters. The van der Waals surface area contributed by atoms with E-state index in [4.69, 9.17) is 21.1 Å². The predicted molar refractivity (Wildman–Crippen MR) is 109 cm³/mol. The van der Waals surface area contributed by atoms with E-state index in [0.717, 1.165) is 29.5 Å². The molecule has 0 bridgehead atoms. The van der Waals surface area contributed by atoms with Crippen LogP contribution in [0.15, 0.2) is 17.0 Å². The number of halogens is 1. The molecule has 10 heteroatoms. The highest BCUT2D eigenvalue weighted by molar-refractivity contribution is 8.18. The summed E-state index contributed by atoms with van der Waals surface area (Å²) in [7, 11) is 0. The van der Waals surface area contributed by atoms with Crippen LogP contribution in [0.4, 0.5) is 4.79 Å². The second-order valence-corrected chi connectivity index (χ2v) is 7.89. The van der Waals surface area contributed by atoms with Crippen LogP contribution < -0.4 is 10.1 Å². The van der Waals surface area contributed by atoms with E-state index in [1.54, 1.807) is 6.92 Å². The molecule has 2 fully saturated rings. The molecule has 2 heterocycles. The Kier molecular flexibility index (Phi) is 7.05. The smallest absolute Gasteiger partial charge is 0.294 e. The lowest BCUT2D eigenvalue weighted by atomic mass is 10.2. The van der Waals surface area contributed by atoms with E-state index in [0.29, 0.717) is 25.3 Å². The zero-order chi connectivity index (χ0) is 21.0. The van der Waals surface area contributed by atoms with Crippen LogP contribution in [0.3, 0.4) is 0 Å². The standard InChI is InChI=1S/C19H21ClN2O6S/c1-2-27-14-7-11(6-13(20)17(14)24)8-15-18(25)22(19(26)29-15)10-16(23)21-9-12-4-3-5-28-12/h6-8,12,24H,2-5,9-10H2,1H3,(H,21,23)/b15-8-/t12-/m1/s1. The van der Waals surface area contributed by atoms with Gasteiger partial charge in [-0.2, -0.15) is 0 Å². The Balaban J connectivity index is 1.67. The maximum absolute atomic E-state index is 12.6. The van der Waals surface area contributed by atoms with Crippen LogP contribution in [0.2, 0.25) is 5.02 Å². The van der Waals surface area contributed by atoms with E-state index < -0.39 is 17.1 Å². The summed E-state index contributed by atoms with van der Waals surface area (Å²) < 4.78 is 10.7. The first-order chi connectivity index (χ1) is 13.9. The first-order valence-corrected chi connectivity index (χ1v) is 10.4. The molecule has 1 aromatic rings. The van der Waals surface area contributed by atoms with Gasteiger partial charge in [0.25, 0.3) is 11.1 Å². The first-order valence-electron chi connectivity index (χ1n) is 9.18. The average molecular weight is 441 g/mol. The van der Waals surface area contributed by atoms with Crippen LogP contribution in [0, 0.1) is 0 Å². The number of phenolic OH excluding ortho intramolecular Hbond substituents is 1. The summed E-state index contributed by atoms with van der Waals surface area (Å²) in [6.07, 6.45) is 3.29. The van der Waals surface area contributed by atoms with Gasteiger partial charge in [-0.05, 0) is 55.3 Å². The molecular formula is C19H21ClN2O6S. The van der Waals surface area contributed by atoms with Crippen molar-refractivity contribution in [2.45, 2.75) is 25.9 Å². The molecule has 0 aliphatic carbocycles. The molecule has 0 radical (unpaired) electrons. The maximum atomic E-state index is 12.6. The number of thioether (sulfide) groups is 1. The number of rotatable bonds is 7. The predicted octanol–water partition coefficient (Wildman–Crippen LogP) is 2.78. The van der Waals surface area contributed by atoms with Gasteiger partial charge in [0, 0.05) is 13.2 Å². The molecule has 0 spiro atoms. The number of nitrogens with one attached hydrogen (secondary N) is 1. The molecule has 0 saturated carbocycles. The van der Waals surface area contributed by atoms with Crippen molar-refractivity contribution in [1.82, 2.24) is 10.2 Å². The zero-order valence-corrected chi connectivity index (χ0v) is 17.3. The van der Waals surface area contributed by atoms with E-state index in [9.17, 15) is 19.5 Å². The van der Waals surface area contributed by atoms with Gasteiger partial charge in [0.05, 0.1) is 22.6 Å². The van der Waals surface area contributed by atoms with Crippen molar-refractivity contribution in [3.8, 4) is 11.5 Å². The fourth-order valence-electron chi connectivity index (χ4n) is 2.96. The van der Waals surface area contributed by atoms with Gasteiger partial charge in [-0.15, -0.1) is 0 Å². The van der Waals surface area contributed by atoms with E-state index in [2.05, 4.69) is 5.32 Å². The van der Waals surface area contributed by atoms with Crippen LogP contribution in [-0.4, -0.2) is 59.5 Å². The van der Waals surface area contributed by atoms with E-state index in [1.165, 1.54) is 18.2 Å². The Morgan fingerprint density at radius 3 is 2.97 bits per heavy atom. The molecule has 2 N–H and O–H groups in total. The molecule has 1 aromatic carbocycles. The first kappa shape index (κ1) is 21.5. The minimum absolute atomic E-state index is 0.0208. The Hall–Kier alpha value is -2.23. The van der Waals surface area contributed by atoms with E-state index >= 15 is 0 Å². The summed E-state index contributed by atoms with van der Waals surface area (Å²) in [5.74, 6) is -0.995. The number of imide groups is 1. The van der Waals surface area contributed by atoms with Crippen molar-refractivity contribution in [3.05, 3.63) is 27.6 Å². The van der Waals surface area contributed by atoms with Gasteiger partial charge in [-0.25, -0.2) is 0 Å². The molecule has 29 heavy (non-hydrogen) atoms. The Morgan fingerprint density at radius 2 is 2.28 bits per heavy atom. The third-order valence-electron chi connectivity index (χ3n) is 4.37. The number of aromatic hydroxyl groups is 1. The highest BCUT2D eigenvalue weighted by Crippen LogP contribution is 2.38. The number of hydrogen-bond donors (Lipinski definition) is 2. The third kappa shape index (κ3) is 5.23. The van der Waals surface area contributed by atoms with Crippen molar-refractivity contribution in [1.29, 1.82) is 0 Å². The normalized spacial score (nSPS) is 20.6. The summed E-state index contributed by atoms with van der Waals surface area (Å²) in [6, 6.07) is 2.98. The van der Waals surface area contributed by atoms with E-state index in [1.807, 2.05) is 0 Å². The molecule has 8 nitrogen and oxygen atoms in total. The highest BCUT2D eigenvalue weighted by atomic mass is 35.5. The molecule has 2 saturated heterocycles. The SMILES string of the molecule is CCOc1cc(/C=C2\SC(=O)N(CC(=O)NC[C@H]3CCCO3)C2=O)cc(Cl)c1O. The number of ether oxygens (including phenoxy) is 2. The average Bonchev–Trinajstić information content (AvgIpc) is 3.28. The second kappa shape index (κ2) is 9.51. The summed E-state index contributed by atoms with van der Waals surface area (Å²) in [4.78, 5) is 37.9. The topological polar surface area (TPSA) is 105 Å². The van der Waals surface area contributed by atoms with Gasteiger partial charge in [0.15, 0.2) is 11.5 Å². The number of carbonyl (C=O) groups excluding carboxylic acids is 3. The number of carbonyl (C=O) groups is 3. The van der Waals surface area contributed by atoms with Gasteiger partial charge in [0.2, 0.25) is 5.91 Å². The van der Waals surface area contributed by atoms with Crippen LogP contribution in [0.25, 0.3) is 6.08 Å². The van der Waals surface area contributed by atoms with Crippen molar-refractivity contribution in [2.75, 3.05) is 26.3 Å². The minimum Gasteiger partial charge on any atom is -0.503 e. The maximum Gasteiger partial charge on any atom is 0.294 e. The molecule has 3 rings (SSSR count). The lowest BCUT2D eigenvalue weighted by molar-refractivity contribution is -0.129. The van der Waals surface area contributed by atoms with Crippen molar-refractivity contribution in [2.24, 2.45) is 0 Å². The molecule has 2 aliphatic heterocycles. The number of benzene rings is 1. The molecule has 0 aromatic heterocycles. The Labute approximate surface area is 177 Å². The number of phenols is 1. The van der Waals surface area contributed by atoms with Crippen LogP contribution >= 0.6 is 23.4 Å². The fraction of sp³-hybridized carbons (Fsp3) is 0.421. The quantitative estimate of drug-likeness (QED) is 0.628. The summed E-state index contributed by atoms with van der Waals surface area (Å²) >= 11 is 6.74. The Bertz CT molecular complexity index is 853. The fourth-order valence-corrected chi connectivity index (χ4v) is 4.02. The second-order valence-electron chi connectivity index (χ2n) is 6.49. The minimum atomic E-state index is -0.561. The highest BCUT2D eigenvalue weighted by Gasteiger charge is 2.36. The number of amides is 3. The van der Waals surface area contributed by atoms with Crippen molar-refractivity contribution < 1.29 is 29.0 Å². The number of hydrogen-bond acceptors (Lipinski definition) is 7. The Morgan fingerprint density at radius 1 is 1.48 bits per heavy atom. The summed E-state index contributed by atoms with van der Waals surface area (Å²) in [5.41, 5.74) is 0.490. The summed E-state index contributed by atoms with van der Waals surface area (Å²) in [6.45, 7) is 2.77. The van der Waals surface area contributed by atoms with Gasteiger partial charge < -0.3 is 19.9 Å². The lowest BCUT2D eigenvalue weighted by Gasteiger charge is -2.14. The molecule has 2 aliphatic rings. The van der Waals surface area contributed by atoms with Crippen molar-refractivity contribution >= 4 is 46.5 Å². The molecule has 156 valence electrons. The largest absolute Gasteiger partial charge is 0.503 e. The van der Waals surface area contributed by atoms with Crippen molar-refractivity contribution in [3.63, 3.8) is 0 Å². The monoisotopic (exact) mass is 440 g/mol. The van der Waals surface area contributed by atoms with Crippen LogP contribution in [0.5, 0.6) is 11.5 Å².